The molecule has 0 bridgehead atoms. The molecule has 0 saturated carbocycles. The Morgan fingerprint density at radius 3 is 2.82 bits per heavy atom. The molecule has 0 aliphatic heterocycles. The van der Waals surface area contributed by atoms with Crippen LogP contribution >= 0.6 is 11.8 Å². The van der Waals surface area contributed by atoms with Crippen LogP contribution in [-0.4, -0.2) is 23.0 Å². The number of rotatable bonds is 5. The molecule has 0 amide bonds. The molecule has 0 N–H and O–H groups in total. The normalized spacial score (nSPS) is 11.9. The van der Waals surface area contributed by atoms with Crippen LogP contribution in [0.3, 0.4) is 0 Å². The molecule has 17 heavy (non-hydrogen) atoms. The highest BCUT2D eigenvalue weighted by molar-refractivity contribution is 8.00. The molecular weight excluding hydrogens is 249 g/mol. The summed E-state index contributed by atoms with van der Waals surface area (Å²) in [5.41, 5.74) is -2.19. The van der Waals surface area contributed by atoms with Crippen molar-refractivity contribution in [3.8, 4) is 0 Å². The van der Waals surface area contributed by atoms with Gasteiger partial charge in [0, 0.05) is 6.07 Å². The van der Waals surface area contributed by atoms with Crippen molar-refractivity contribution in [3.05, 3.63) is 34.4 Å². The summed E-state index contributed by atoms with van der Waals surface area (Å²) in [6, 6.07) is 5.64. The van der Waals surface area contributed by atoms with E-state index in [4.69, 9.17) is 0 Å². The molecule has 0 aliphatic rings. The number of halogens is 1. The number of nitrogens with zero attached hydrogens (tertiary/aromatic N) is 1. The van der Waals surface area contributed by atoms with Crippen LogP contribution in [0.1, 0.15) is 6.92 Å². The molecule has 7 heteroatoms. The Bertz CT molecular complexity index is 427. The quantitative estimate of drug-likeness (QED) is 0.352. The molecule has 0 saturated heterocycles. The minimum Gasteiger partial charge on any atom is -0.463 e. The molecular formula is C10H10FNO4S. The second kappa shape index (κ2) is 6.19. The van der Waals surface area contributed by atoms with Gasteiger partial charge in [0.2, 0.25) is 5.50 Å². The van der Waals surface area contributed by atoms with Crippen molar-refractivity contribution in [1.82, 2.24) is 0 Å². The molecule has 0 spiro atoms. The third-order valence-electron chi connectivity index (χ3n) is 1.76. The Labute approximate surface area is 101 Å². The first-order valence-electron chi connectivity index (χ1n) is 4.77. The Morgan fingerprint density at radius 1 is 1.59 bits per heavy atom. The van der Waals surface area contributed by atoms with E-state index in [0.717, 1.165) is 0 Å². The van der Waals surface area contributed by atoms with Crippen LogP contribution in [-0.2, 0) is 9.53 Å². The van der Waals surface area contributed by atoms with Gasteiger partial charge in [-0.3, -0.25) is 10.1 Å². The van der Waals surface area contributed by atoms with Crippen molar-refractivity contribution in [1.29, 1.82) is 0 Å². The number of nitro groups is 1. The molecule has 0 heterocycles. The molecule has 1 rings (SSSR count). The number of ether oxygens (including phenoxy) is 1. The van der Waals surface area contributed by atoms with Crippen LogP contribution in [0, 0.1) is 10.1 Å². The monoisotopic (exact) mass is 259 g/mol. The van der Waals surface area contributed by atoms with Gasteiger partial charge in [-0.05, 0) is 13.0 Å². The third-order valence-corrected chi connectivity index (χ3v) is 2.76. The second-order valence-corrected chi connectivity index (χ2v) is 4.00. The molecule has 0 fully saturated rings. The predicted octanol–water partition coefficient (Wildman–Crippen LogP) is 2.55. The summed E-state index contributed by atoms with van der Waals surface area (Å²) in [7, 11) is 0. The van der Waals surface area contributed by atoms with E-state index in [1.165, 1.54) is 24.3 Å². The van der Waals surface area contributed by atoms with Crippen molar-refractivity contribution in [2.45, 2.75) is 17.3 Å². The van der Waals surface area contributed by atoms with E-state index in [2.05, 4.69) is 4.74 Å². The van der Waals surface area contributed by atoms with Crippen molar-refractivity contribution < 1.29 is 18.8 Å². The lowest BCUT2D eigenvalue weighted by molar-refractivity contribution is -0.387. The number of esters is 1. The predicted molar refractivity (Wildman–Crippen MR) is 60.5 cm³/mol. The van der Waals surface area contributed by atoms with E-state index < -0.39 is 16.4 Å². The SMILES string of the molecule is CCOC(=O)C(F)Sc1ccccc1[N+](=O)[O-]. The molecule has 1 aromatic carbocycles. The minimum absolute atomic E-state index is 0.0662. The molecule has 0 aromatic heterocycles. The first-order valence-corrected chi connectivity index (χ1v) is 5.65. The third kappa shape index (κ3) is 3.70. The van der Waals surface area contributed by atoms with E-state index in [0.29, 0.717) is 11.8 Å². The van der Waals surface area contributed by atoms with Crippen molar-refractivity contribution >= 4 is 23.4 Å². The number of thioether (sulfide) groups is 1. The van der Waals surface area contributed by atoms with Crippen LogP contribution in [0.2, 0.25) is 0 Å². The molecule has 0 radical (unpaired) electrons. The summed E-state index contributed by atoms with van der Waals surface area (Å²) in [4.78, 5) is 21.2. The average Bonchev–Trinajstić information content (AvgIpc) is 2.29. The first kappa shape index (κ1) is 13.4. The lowest BCUT2D eigenvalue weighted by atomic mass is 10.3. The fraction of sp³-hybridized carbons (Fsp3) is 0.300. The molecule has 5 nitrogen and oxygen atoms in total. The Morgan fingerprint density at radius 2 is 2.24 bits per heavy atom. The van der Waals surface area contributed by atoms with Crippen molar-refractivity contribution in [2.24, 2.45) is 0 Å². The number of hydrogen-bond acceptors (Lipinski definition) is 5. The fourth-order valence-corrected chi connectivity index (χ4v) is 1.88. The number of para-hydroxylation sites is 1. The Kier molecular flexibility index (Phi) is 4.89. The lowest BCUT2D eigenvalue weighted by Crippen LogP contribution is -2.15. The van der Waals surface area contributed by atoms with Crippen LogP contribution in [0.5, 0.6) is 0 Å². The number of benzene rings is 1. The summed E-state index contributed by atoms with van der Waals surface area (Å²) in [5, 5.41) is 10.7. The van der Waals surface area contributed by atoms with E-state index in [1.807, 2.05) is 0 Å². The number of hydrogen-bond donors (Lipinski definition) is 0. The van der Waals surface area contributed by atoms with Crippen LogP contribution in [0.4, 0.5) is 10.1 Å². The Hall–Kier alpha value is -1.63. The topological polar surface area (TPSA) is 69.4 Å². The van der Waals surface area contributed by atoms with Crippen molar-refractivity contribution in [2.75, 3.05) is 6.61 Å². The zero-order valence-corrected chi connectivity index (χ0v) is 9.78. The summed E-state index contributed by atoms with van der Waals surface area (Å²) in [5.74, 6) is -1.03. The number of carbonyl (C=O) groups is 1. The fourth-order valence-electron chi connectivity index (χ4n) is 1.08. The maximum Gasteiger partial charge on any atom is 0.351 e. The molecule has 1 atom stereocenters. The number of alkyl halides is 1. The first-order chi connectivity index (χ1) is 8.06. The second-order valence-electron chi connectivity index (χ2n) is 2.91. The largest absolute Gasteiger partial charge is 0.463 e. The highest BCUT2D eigenvalue weighted by Crippen LogP contribution is 2.32. The summed E-state index contributed by atoms with van der Waals surface area (Å²) in [6.45, 7) is 1.62. The highest BCUT2D eigenvalue weighted by Gasteiger charge is 2.24. The van der Waals surface area contributed by atoms with E-state index in [1.54, 1.807) is 6.92 Å². The van der Waals surface area contributed by atoms with Gasteiger partial charge in [0.25, 0.3) is 5.69 Å². The smallest absolute Gasteiger partial charge is 0.351 e. The van der Waals surface area contributed by atoms with E-state index in [9.17, 15) is 19.3 Å². The molecule has 1 unspecified atom stereocenters. The van der Waals surface area contributed by atoms with Crippen LogP contribution < -0.4 is 0 Å². The molecule has 92 valence electrons. The van der Waals surface area contributed by atoms with Gasteiger partial charge >= 0.3 is 5.97 Å². The van der Waals surface area contributed by atoms with Crippen LogP contribution in [0.15, 0.2) is 29.2 Å². The van der Waals surface area contributed by atoms with Gasteiger partial charge in [0.15, 0.2) is 0 Å². The maximum atomic E-state index is 13.4. The summed E-state index contributed by atoms with van der Waals surface area (Å²) < 4.78 is 17.8. The zero-order valence-electron chi connectivity index (χ0n) is 8.96. The van der Waals surface area contributed by atoms with E-state index in [-0.39, 0.29) is 17.2 Å². The summed E-state index contributed by atoms with van der Waals surface area (Å²) >= 11 is 0.464. The maximum absolute atomic E-state index is 13.4. The van der Waals surface area contributed by atoms with Gasteiger partial charge in [-0.25, -0.2) is 9.18 Å². The van der Waals surface area contributed by atoms with Gasteiger partial charge in [0.05, 0.1) is 16.4 Å². The number of carbonyl (C=O) groups excluding carboxylic acids is 1. The van der Waals surface area contributed by atoms with Gasteiger partial charge < -0.3 is 4.74 Å². The van der Waals surface area contributed by atoms with Crippen molar-refractivity contribution in [3.63, 3.8) is 0 Å². The van der Waals surface area contributed by atoms with Gasteiger partial charge in [-0.1, -0.05) is 23.9 Å². The Balaban J connectivity index is 2.81. The lowest BCUT2D eigenvalue weighted by Gasteiger charge is -2.07. The molecule has 0 aliphatic carbocycles. The van der Waals surface area contributed by atoms with Gasteiger partial charge in [0.1, 0.15) is 0 Å². The minimum atomic E-state index is -1.96. The van der Waals surface area contributed by atoms with E-state index >= 15 is 0 Å². The average molecular weight is 259 g/mol. The zero-order chi connectivity index (χ0) is 12.8. The number of nitro benzene ring substituents is 1. The molecule has 1 aromatic rings. The highest BCUT2D eigenvalue weighted by atomic mass is 32.2. The van der Waals surface area contributed by atoms with Gasteiger partial charge in [-0.15, -0.1) is 0 Å². The van der Waals surface area contributed by atoms with Crippen LogP contribution in [0.25, 0.3) is 0 Å². The van der Waals surface area contributed by atoms with Gasteiger partial charge in [-0.2, -0.15) is 0 Å². The summed E-state index contributed by atoms with van der Waals surface area (Å²) in [6.07, 6.45) is 0. The standard InChI is InChI=1S/C10H10FNO4S/c1-2-16-10(13)9(11)17-8-6-4-3-5-7(8)12(14)15/h3-6,9H,2H2,1H3.